The summed E-state index contributed by atoms with van der Waals surface area (Å²) in [6.45, 7) is 9.15. The fourth-order valence-electron chi connectivity index (χ4n) is 1.53. The molecular formula is C12H28N2O2. The van der Waals surface area contributed by atoms with E-state index in [-0.39, 0.29) is 5.92 Å². The van der Waals surface area contributed by atoms with Crippen LogP contribution in [0.2, 0.25) is 0 Å². The Morgan fingerprint density at radius 2 is 1.62 bits per heavy atom. The Labute approximate surface area is 99.7 Å². The number of hydrogen-bond donors (Lipinski definition) is 3. The molecule has 0 rings (SSSR count). The predicted octanol–water partition coefficient (Wildman–Crippen LogP) is 0.296. The molecule has 4 nitrogen and oxygen atoms in total. The Morgan fingerprint density at radius 3 is 2.00 bits per heavy atom. The third-order valence-electron chi connectivity index (χ3n) is 2.89. The third-order valence-corrected chi connectivity index (χ3v) is 2.89. The zero-order valence-electron chi connectivity index (χ0n) is 11.5. The summed E-state index contributed by atoms with van der Waals surface area (Å²) < 4.78 is 0. The number of likely N-dealkylation sites (N-methyl/N-ethyl adjacent to an activating group) is 1. The molecule has 0 heterocycles. The van der Waals surface area contributed by atoms with E-state index >= 15 is 0 Å². The van der Waals surface area contributed by atoms with E-state index in [0.29, 0.717) is 19.6 Å². The zero-order chi connectivity index (χ0) is 13.0. The Bertz CT molecular complexity index is 201. The highest BCUT2D eigenvalue weighted by atomic mass is 16.3. The van der Waals surface area contributed by atoms with Crippen LogP contribution < -0.4 is 5.32 Å². The molecule has 0 amide bonds. The van der Waals surface area contributed by atoms with Gasteiger partial charge in [-0.1, -0.05) is 13.8 Å². The lowest BCUT2D eigenvalue weighted by Crippen LogP contribution is -2.50. The molecule has 0 bridgehead atoms. The minimum absolute atomic E-state index is 0.193. The van der Waals surface area contributed by atoms with Crippen molar-refractivity contribution in [2.24, 2.45) is 5.92 Å². The second-order valence-corrected chi connectivity index (χ2v) is 5.85. The highest BCUT2D eigenvalue weighted by Crippen LogP contribution is 2.14. The fraction of sp³-hybridized carbons (Fsp3) is 1.00. The van der Waals surface area contributed by atoms with E-state index in [1.807, 2.05) is 39.8 Å². The zero-order valence-corrected chi connectivity index (χ0v) is 11.5. The maximum absolute atomic E-state index is 10.0. The van der Waals surface area contributed by atoms with Crippen LogP contribution in [0, 0.1) is 5.92 Å². The SMILES string of the molecule is CC(C)C(C)(O)CNCC(C)(O)CN(C)C. The van der Waals surface area contributed by atoms with Crippen LogP contribution in [0.1, 0.15) is 27.7 Å². The van der Waals surface area contributed by atoms with Crippen molar-refractivity contribution in [2.45, 2.75) is 38.9 Å². The molecule has 0 aliphatic rings. The lowest BCUT2D eigenvalue weighted by Gasteiger charge is -2.31. The van der Waals surface area contributed by atoms with Gasteiger partial charge in [0, 0.05) is 19.6 Å². The van der Waals surface area contributed by atoms with E-state index in [2.05, 4.69) is 5.32 Å². The van der Waals surface area contributed by atoms with Crippen molar-refractivity contribution in [3.63, 3.8) is 0 Å². The molecule has 0 spiro atoms. The van der Waals surface area contributed by atoms with Gasteiger partial charge in [-0.3, -0.25) is 0 Å². The van der Waals surface area contributed by atoms with Crippen molar-refractivity contribution in [3.05, 3.63) is 0 Å². The van der Waals surface area contributed by atoms with Crippen LogP contribution in [0.4, 0.5) is 0 Å². The second kappa shape index (κ2) is 5.96. The van der Waals surface area contributed by atoms with Gasteiger partial charge in [0.15, 0.2) is 0 Å². The summed E-state index contributed by atoms with van der Waals surface area (Å²) >= 11 is 0. The summed E-state index contributed by atoms with van der Waals surface area (Å²) in [7, 11) is 3.86. The first-order chi connectivity index (χ1) is 7.07. The number of rotatable bonds is 7. The highest BCUT2D eigenvalue weighted by Gasteiger charge is 2.26. The Hall–Kier alpha value is -0.160. The summed E-state index contributed by atoms with van der Waals surface area (Å²) in [6.07, 6.45) is 0. The predicted molar refractivity (Wildman–Crippen MR) is 67.5 cm³/mol. The summed E-state index contributed by atoms with van der Waals surface area (Å²) in [5.41, 5.74) is -1.50. The summed E-state index contributed by atoms with van der Waals surface area (Å²) in [4.78, 5) is 1.95. The first kappa shape index (κ1) is 15.8. The van der Waals surface area contributed by atoms with E-state index in [0.717, 1.165) is 0 Å². The molecule has 0 aromatic rings. The fourth-order valence-corrected chi connectivity index (χ4v) is 1.53. The minimum atomic E-state index is -0.767. The van der Waals surface area contributed by atoms with E-state index in [1.54, 1.807) is 6.92 Å². The van der Waals surface area contributed by atoms with Crippen LogP contribution in [0.15, 0.2) is 0 Å². The molecule has 0 aromatic heterocycles. The lowest BCUT2D eigenvalue weighted by molar-refractivity contribution is -0.00143. The van der Waals surface area contributed by atoms with Gasteiger partial charge >= 0.3 is 0 Å². The molecule has 0 saturated carbocycles. The van der Waals surface area contributed by atoms with Gasteiger partial charge in [0.1, 0.15) is 0 Å². The molecule has 0 aliphatic carbocycles. The number of aliphatic hydroxyl groups is 2. The van der Waals surface area contributed by atoms with Gasteiger partial charge in [0.25, 0.3) is 0 Å². The molecule has 98 valence electrons. The van der Waals surface area contributed by atoms with Crippen LogP contribution in [0.5, 0.6) is 0 Å². The molecule has 3 N–H and O–H groups in total. The van der Waals surface area contributed by atoms with Crippen molar-refractivity contribution in [2.75, 3.05) is 33.7 Å². The molecule has 2 atom stereocenters. The highest BCUT2D eigenvalue weighted by molar-refractivity contribution is 4.83. The van der Waals surface area contributed by atoms with Gasteiger partial charge in [-0.05, 0) is 33.9 Å². The Balaban J connectivity index is 3.98. The number of nitrogens with one attached hydrogen (secondary N) is 1. The Kier molecular flexibility index (Phi) is 5.90. The van der Waals surface area contributed by atoms with Crippen LogP contribution in [-0.2, 0) is 0 Å². The van der Waals surface area contributed by atoms with Crippen LogP contribution in [-0.4, -0.2) is 60.0 Å². The number of hydrogen-bond acceptors (Lipinski definition) is 4. The van der Waals surface area contributed by atoms with Crippen LogP contribution >= 0.6 is 0 Å². The molecule has 0 fully saturated rings. The lowest BCUT2D eigenvalue weighted by atomic mass is 9.92. The van der Waals surface area contributed by atoms with Crippen molar-refractivity contribution >= 4 is 0 Å². The summed E-state index contributed by atoms with van der Waals surface area (Å²) in [5, 5.41) is 23.2. The summed E-state index contributed by atoms with van der Waals surface area (Å²) in [6, 6.07) is 0. The summed E-state index contributed by atoms with van der Waals surface area (Å²) in [5.74, 6) is 0.193. The van der Waals surface area contributed by atoms with E-state index in [4.69, 9.17) is 0 Å². The van der Waals surface area contributed by atoms with Gasteiger partial charge in [-0.2, -0.15) is 0 Å². The quantitative estimate of drug-likeness (QED) is 0.591. The van der Waals surface area contributed by atoms with Crippen molar-refractivity contribution in [1.82, 2.24) is 10.2 Å². The van der Waals surface area contributed by atoms with E-state index in [1.165, 1.54) is 0 Å². The van der Waals surface area contributed by atoms with Crippen molar-refractivity contribution < 1.29 is 10.2 Å². The van der Waals surface area contributed by atoms with E-state index < -0.39 is 11.2 Å². The van der Waals surface area contributed by atoms with E-state index in [9.17, 15) is 10.2 Å². The second-order valence-electron chi connectivity index (χ2n) is 5.85. The van der Waals surface area contributed by atoms with Gasteiger partial charge in [-0.25, -0.2) is 0 Å². The normalized spacial score (nSPS) is 19.9. The van der Waals surface area contributed by atoms with Gasteiger partial charge in [0.2, 0.25) is 0 Å². The van der Waals surface area contributed by atoms with Gasteiger partial charge in [0.05, 0.1) is 11.2 Å². The third kappa shape index (κ3) is 6.43. The molecule has 0 aromatic carbocycles. The molecule has 16 heavy (non-hydrogen) atoms. The molecule has 2 unspecified atom stereocenters. The van der Waals surface area contributed by atoms with Gasteiger partial charge in [-0.15, -0.1) is 0 Å². The first-order valence-electron chi connectivity index (χ1n) is 5.87. The average molecular weight is 232 g/mol. The van der Waals surface area contributed by atoms with Gasteiger partial charge < -0.3 is 20.4 Å². The Morgan fingerprint density at radius 1 is 1.12 bits per heavy atom. The minimum Gasteiger partial charge on any atom is -0.389 e. The average Bonchev–Trinajstić information content (AvgIpc) is 1.99. The maximum Gasteiger partial charge on any atom is 0.0869 e. The van der Waals surface area contributed by atoms with Crippen molar-refractivity contribution in [3.8, 4) is 0 Å². The molecule has 4 heteroatoms. The standard InChI is InChI=1S/C12H28N2O2/c1-10(2)12(4,16)8-13-7-11(3,15)9-14(5)6/h10,13,15-16H,7-9H2,1-6H3. The largest absolute Gasteiger partial charge is 0.389 e. The molecule has 0 saturated heterocycles. The van der Waals surface area contributed by atoms with Crippen molar-refractivity contribution in [1.29, 1.82) is 0 Å². The number of nitrogens with zero attached hydrogens (tertiary/aromatic N) is 1. The topological polar surface area (TPSA) is 55.7 Å². The molecule has 0 radical (unpaired) electrons. The molecular weight excluding hydrogens is 204 g/mol. The first-order valence-corrected chi connectivity index (χ1v) is 5.87. The van der Waals surface area contributed by atoms with Crippen LogP contribution in [0.3, 0.4) is 0 Å². The monoisotopic (exact) mass is 232 g/mol. The smallest absolute Gasteiger partial charge is 0.0869 e. The molecule has 0 aliphatic heterocycles. The maximum atomic E-state index is 10.0. The van der Waals surface area contributed by atoms with Crippen LogP contribution in [0.25, 0.3) is 0 Å².